The van der Waals surface area contributed by atoms with E-state index in [9.17, 15) is 9.59 Å². The number of nitrogens with one attached hydrogen (secondary N) is 1. The van der Waals surface area contributed by atoms with Crippen LogP contribution in [-0.2, 0) is 4.79 Å². The van der Waals surface area contributed by atoms with Crippen molar-refractivity contribution in [2.75, 3.05) is 32.4 Å². The van der Waals surface area contributed by atoms with E-state index in [1.54, 1.807) is 22.9 Å². The molecule has 0 radical (unpaired) electrons. The third-order valence-corrected chi connectivity index (χ3v) is 4.67. The minimum atomic E-state index is -0.655. The summed E-state index contributed by atoms with van der Waals surface area (Å²) in [7, 11) is 2.82. The van der Waals surface area contributed by atoms with E-state index in [-0.39, 0.29) is 29.4 Å². The Morgan fingerprint density at radius 1 is 1.16 bits per heavy atom. The van der Waals surface area contributed by atoms with Crippen molar-refractivity contribution < 1.29 is 23.8 Å². The molecule has 0 atom stereocenters. The van der Waals surface area contributed by atoms with Crippen molar-refractivity contribution in [2.45, 2.75) is 5.16 Å². The van der Waals surface area contributed by atoms with Crippen molar-refractivity contribution in [3.05, 3.63) is 42.0 Å². The first kappa shape index (κ1) is 21.9. The SMILES string of the molecule is COc1cc(C(=O)Nc2cccc(-n3nnnc3SC)c2)cc(OC)c1OCC(N)=O. The van der Waals surface area contributed by atoms with Gasteiger partial charge in [-0.05, 0) is 47.0 Å². The maximum atomic E-state index is 12.9. The van der Waals surface area contributed by atoms with Crippen molar-refractivity contribution in [1.82, 2.24) is 20.2 Å². The second-order valence-corrected chi connectivity index (χ2v) is 6.82. The lowest BCUT2D eigenvalue weighted by atomic mass is 10.1. The van der Waals surface area contributed by atoms with Gasteiger partial charge >= 0.3 is 0 Å². The van der Waals surface area contributed by atoms with Crippen molar-refractivity contribution in [1.29, 1.82) is 0 Å². The molecule has 3 rings (SSSR count). The molecule has 2 aromatic carbocycles. The van der Waals surface area contributed by atoms with Gasteiger partial charge < -0.3 is 25.3 Å². The predicted molar refractivity (Wildman–Crippen MR) is 113 cm³/mol. The molecule has 1 aromatic heterocycles. The number of ether oxygens (including phenoxy) is 3. The van der Waals surface area contributed by atoms with Gasteiger partial charge in [0.25, 0.3) is 11.8 Å². The maximum Gasteiger partial charge on any atom is 0.255 e. The molecule has 162 valence electrons. The lowest BCUT2D eigenvalue weighted by Gasteiger charge is -2.15. The summed E-state index contributed by atoms with van der Waals surface area (Å²) >= 11 is 1.40. The summed E-state index contributed by atoms with van der Waals surface area (Å²) < 4.78 is 17.5. The quantitative estimate of drug-likeness (QED) is 0.469. The highest BCUT2D eigenvalue weighted by Gasteiger charge is 2.19. The minimum Gasteiger partial charge on any atom is -0.493 e. The molecule has 12 heteroatoms. The average Bonchev–Trinajstić information content (AvgIpc) is 3.26. The number of thioether (sulfide) groups is 1. The molecule has 3 aromatic rings. The number of primary amides is 1. The molecule has 0 bridgehead atoms. The van der Waals surface area contributed by atoms with Crippen LogP contribution in [0, 0.1) is 0 Å². The minimum absolute atomic E-state index is 0.172. The lowest BCUT2D eigenvalue weighted by Crippen LogP contribution is -2.20. The molecule has 31 heavy (non-hydrogen) atoms. The Morgan fingerprint density at radius 2 is 1.87 bits per heavy atom. The van der Waals surface area contributed by atoms with E-state index in [1.807, 2.05) is 12.3 Å². The van der Waals surface area contributed by atoms with Gasteiger partial charge in [0.1, 0.15) is 0 Å². The lowest BCUT2D eigenvalue weighted by molar-refractivity contribution is -0.120. The number of anilines is 1. The van der Waals surface area contributed by atoms with Crippen LogP contribution in [0.15, 0.2) is 41.6 Å². The second-order valence-electron chi connectivity index (χ2n) is 6.05. The van der Waals surface area contributed by atoms with E-state index in [2.05, 4.69) is 20.8 Å². The summed E-state index contributed by atoms with van der Waals surface area (Å²) in [5, 5.41) is 15.0. The van der Waals surface area contributed by atoms with E-state index in [0.717, 1.165) is 0 Å². The zero-order valence-electron chi connectivity index (χ0n) is 17.0. The van der Waals surface area contributed by atoms with E-state index >= 15 is 0 Å². The molecule has 0 aliphatic rings. The Morgan fingerprint density at radius 3 is 2.48 bits per heavy atom. The number of nitrogens with two attached hydrogens (primary N) is 1. The van der Waals surface area contributed by atoms with Gasteiger partial charge in [0.05, 0.1) is 19.9 Å². The highest BCUT2D eigenvalue weighted by atomic mass is 32.2. The van der Waals surface area contributed by atoms with Gasteiger partial charge in [-0.3, -0.25) is 9.59 Å². The number of benzene rings is 2. The van der Waals surface area contributed by atoms with Gasteiger partial charge in [-0.15, -0.1) is 5.10 Å². The third kappa shape index (κ3) is 5.04. The fraction of sp³-hybridized carbons (Fsp3) is 0.211. The summed E-state index contributed by atoms with van der Waals surface area (Å²) in [6.45, 7) is -0.361. The van der Waals surface area contributed by atoms with Gasteiger partial charge in [0, 0.05) is 11.3 Å². The van der Waals surface area contributed by atoms with Crippen LogP contribution in [-0.4, -0.2) is 59.1 Å². The second kappa shape index (κ2) is 9.80. The molecule has 0 saturated carbocycles. The highest BCUT2D eigenvalue weighted by molar-refractivity contribution is 7.98. The predicted octanol–water partition coefficient (Wildman–Crippen LogP) is 1.52. The van der Waals surface area contributed by atoms with Crippen LogP contribution in [0.1, 0.15) is 10.4 Å². The summed E-state index contributed by atoms with van der Waals surface area (Å²) in [6, 6.07) is 10.0. The first-order valence-corrected chi connectivity index (χ1v) is 10.1. The number of aromatic nitrogens is 4. The van der Waals surface area contributed by atoms with E-state index in [1.165, 1.54) is 38.1 Å². The Balaban J connectivity index is 1.86. The molecule has 2 amide bonds. The largest absolute Gasteiger partial charge is 0.493 e. The van der Waals surface area contributed by atoms with Crippen LogP contribution >= 0.6 is 11.8 Å². The normalized spacial score (nSPS) is 10.4. The monoisotopic (exact) mass is 444 g/mol. The van der Waals surface area contributed by atoms with Crippen molar-refractivity contribution in [3.8, 4) is 22.9 Å². The number of carbonyl (C=O) groups is 2. The fourth-order valence-electron chi connectivity index (χ4n) is 2.68. The molecule has 0 saturated heterocycles. The maximum absolute atomic E-state index is 12.9. The molecule has 3 N–H and O–H groups in total. The number of tetrazole rings is 1. The Bertz CT molecular complexity index is 1080. The molecule has 0 aliphatic carbocycles. The zero-order valence-corrected chi connectivity index (χ0v) is 17.8. The number of hydrogen-bond acceptors (Lipinski definition) is 9. The van der Waals surface area contributed by atoms with Gasteiger partial charge in [-0.1, -0.05) is 17.8 Å². The smallest absolute Gasteiger partial charge is 0.255 e. The number of hydrogen-bond donors (Lipinski definition) is 2. The van der Waals surface area contributed by atoms with Crippen LogP contribution in [0.25, 0.3) is 5.69 Å². The number of nitrogens with zero attached hydrogens (tertiary/aromatic N) is 4. The summed E-state index contributed by atoms with van der Waals surface area (Å²) in [4.78, 5) is 23.9. The number of methoxy groups -OCH3 is 2. The third-order valence-electron chi connectivity index (χ3n) is 4.05. The van der Waals surface area contributed by atoms with Crippen molar-refractivity contribution in [2.24, 2.45) is 5.73 Å². The van der Waals surface area contributed by atoms with Crippen LogP contribution in [0.5, 0.6) is 17.2 Å². The summed E-state index contributed by atoms with van der Waals surface area (Å²) in [5.41, 5.74) is 6.62. The molecule has 0 aliphatic heterocycles. The molecular weight excluding hydrogens is 424 g/mol. The first-order chi connectivity index (χ1) is 15.0. The van der Waals surface area contributed by atoms with E-state index in [0.29, 0.717) is 16.5 Å². The van der Waals surface area contributed by atoms with Crippen molar-refractivity contribution in [3.63, 3.8) is 0 Å². The standard InChI is InChI=1S/C19H20N6O5S/c1-28-14-7-11(8-15(29-2)17(14)30-10-16(20)26)18(27)21-12-5-4-6-13(9-12)25-19(31-3)22-23-24-25/h4-9H,10H2,1-3H3,(H2,20,26)(H,21,27). The Hall–Kier alpha value is -3.80. The Kier molecular flexibility index (Phi) is 6.92. The average molecular weight is 444 g/mol. The van der Waals surface area contributed by atoms with Gasteiger partial charge in [0.2, 0.25) is 10.9 Å². The molecular formula is C19H20N6O5S. The van der Waals surface area contributed by atoms with Crippen LogP contribution in [0.4, 0.5) is 5.69 Å². The summed E-state index contributed by atoms with van der Waals surface area (Å²) in [5.74, 6) is -0.448. The van der Waals surface area contributed by atoms with Gasteiger partial charge in [-0.2, -0.15) is 4.68 Å². The fourth-order valence-corrected chi connectivity index (χ4v) is 3.12. The van der Waals surface area contributed by atoms with Gasteiger partial charge in [-0.25, -0.2) is 0 Å². The van der Waals surface area contributed by atoms with Crippen LogP contribution < -0.4 is 25.3 Å². The number of carbonyl (C=O) groups excluding carboxylic acids is 2. The zero-order chi connectivity index (χ0) is 22.4. The highest BCUT2D eigenvalue weighted by Crippen LogP contribution is 2.38. The van der Waals surface area contributed by atoms with Gasteiger partial charge in [0.15, 0.2) is 18.1 Å². The van der Waals surface area contributed by atoms with Crippen molar-refractivity contribution >= 4 is 29.3 Å². The molecule has 1 heterocycles. The number of amides is 2. The molecule has 0 spiro atoms. The van der Waals surface area contributed by atoms with E-state index in [4.69, 9.17) is 19.9 Å². The molecule has 11 nitrogen and oxygen atoms in total. The Labute approximate surface area is 181 Å². The van der Waals surface area contributed by atoms with Crippen LogP contribution in [0.2, 0.25) is 0 Å². The number of rotatable bonds is 9. The van der Waals surface area contributed by atoms with Crippen LogP contribution in [0.3, 0.4) is 0 Å². The summed E-state index contributed by atoms with van der Waals surface area (Å²) in [6.07, 6.45) is 1.87. The van der Waals surface area contributed by atoms with E-state index < -0.39 is 11.8 Å². The first-order valence-electron chi connectivity index (χ1n) is 8.88. The topological polar surface area (TPSA) is 143 Å². The molecule has 0 fully saturated rings. The molecule has 0 unspecified atom stereocenters.